The molecule has 182 valence electrons. The topological polar surface area (TPSA) is 17.0 Å². The smallest absolute Gasteiger partial charge is 0.425 e. The minimum Gasteiger partial charge on any atom is -0.456 e. The van der Waals surface area contributed by atoms with Gasteiger partial charge in [0.15, 0.2) is 23.5 Å². The summed E-state index contributed by atoms with van der Waals surface area (Å²) >= 11 is 0. The van der Waals surface area contributed by atoms with Gasteiger partial charge in [-0.05, 0) is 68.7 Å². The van der Waals surface area contributed by atoms with Crippen molar-refractivity contribution >= 4 is 54.0 Å². The first-order chi connectivity index (χ1) is 19.9. The minimum atomic E-state index is -0.541. The first-order valence-electron chi connectivity index (χ1n) is 13.9. The second kappa shape index (κ2) is 6.30. The fourth-order valence-electron chi connectivity index (χ4n) is 8.38. The average Bonchev–Trinajstić information content (AvgIpc) is 3.50. The second-order valence-electron chi connectivity index (χ2n) is 11.3. The Bertz CT molecular complexity index is 2530. The second-order valence-corrected chi connectivity index (χ2v) is 11.3. The highest BCUT2D eigenvalue weighted by molar-refractivity contribution is 6.39. The lowest BCUT2D eigenvalue weighted by molar-refractivity contribution is -0.950. The van der Waals surface area contributed by atoms with Gasteiger partial charge in [0.05, 0.1) is 16.3 Å². The van der Waals surface area contributed by atoms with Crippen molar-refractivity contribution in [2.24, 2.45) is 0 Å². The number of aromatic nitrogens is 2. The summed E-state index contributed by atoms with van der Waals surface area (Å²) in [6.45, 7) is 0. The van der Waals surface area contributed by atoms with Crippen LogP contribution >= 0.6 is 0 Å². The number of hydrogen-bond donors (Lipinski definition) is 0. The Labute approximate surface area is 228 Å². The molecule has 0 radical (unpaired) electrons. The van der Waals surface area contributed by atoms with E-state index in [1.54, 1.807) is 0 Å². The Morgan fingerprint density at radius 3 is 1.95 bits per heavy atom. The first-order valence-corrected chi connectivity index (χ1v) is 13.9. The molecule has 3 aliphatic heterocycles. The lowest BCUT2D eigenvalue weighted by Crippen LogP contribution is -2.71. The van der Waals surface area contributed by atoms with Gasteiger partial charge in [0.25, 0.3) is 0 Å². The number of ether oxygens (including phenoxy) is 1. The molecule has 0 aliphatic carbocycles. The highest BCUT2D eigenvalue weighted by Gasteiger charge is 2.70. The van der Waals surface area contributed by atoms with Crippen LogP contribution in [0.25, 0.3) is 65.3 Å². The van der Waals surface area contributed by atoms with E-state index in [9.17, 15) is 0 Å². The fourth-order valence-corrected chi connectivity index (χ4v) is 8.38. The van der Waals surface area contributed by atoms with Crippen LogP contribution in [0.1, 0.15) is 11.1 Å². The SMILES string of the molecule is c1cc2c3c(c1)-c1cccc[n+]1C31c3c(ccc4c3c3c(ccc[n+]31)c1c3ccccc3c3ccccc3c41)O2. The molecule has 3 aliphatic rings. The highest BCUT2D eigenvalue weighted by Crippen LogP contribution is 2.58. The molecule has 3 heteroatoms. The van der Waals surface area contributed by atoms with Crippen LogP contribution in [0.5, 0.6) is 11.5 Å². The molecule has 0 saturated carbocycles. The summed E-state index contributed by atoms with van der Waals surface area (Å²) in [5.41, 5.74) is 5.66. The number of benzene rings is 6. The molecule has 40 heavy (non-hydrogen) atoms. The molecular formula is C37H20N2O+2. The molecule has 0 bridgehead atoms. The van der Waals surface area contributed by atoms with Gasteiger partial charge in [-0.2, -0.15) is 0 Å². The van der Waals surface area contributed by atoms with Gasteiger partial charge in [0.1, 0.15) is 11.5 Å². The molecule has 5 heterocycles. The van der Waals surface area contributed by atoms with Crippen LogP contribution < -0.4 is 13.9 Å². The zero-order valence-corrected chi connectivity index (χ0v) is 21.3. The Morgan fingerprint density at radius 1 is 0.450 bits per heavy atom. The van der Waals surface area contributed by atoms with Crippen molar-refractivity contribution in [1.82, 2.24) is 0 Å². The molecule has 3 nitrogen and oxygen atoms in total. The third-order valence-corrected chi connectivity index (χ3v) is 9.65. The van der Waals surface area contributed by atoms with Gasteiger partial charge < -0.3 is 4.74 Å². The van der Waals surface area contributed by atoms with E-state index in [0.29, 0.717) is 0 Å². The monoisotopic (exact) mass is 508 g/mol. The third-order valence-electron chi connectivity index (χ3n) is 9.65. The average molecular weight is 509 g/mol. The Balaban J connectivity index is 1.51. The first kappa shape index (κ1) is 19.7. The normalized spacial score (nSPS) is 17.3. The molecule has 0 N–H and O–H groups in total. The number of nitrogens with zero attached hydrogens (tertiary/aromatic N) is 2. The summed E-state index contributed by atoms with van der Waals surface area (Å²) in [7, 11) is 0. The lowest BCUT2D eigenvalue weighted by atomic mass is 9.84. The molecule has 0 fully saturated rings. The van der Waals surface area contributed by atoms with Gasteiger partial charge in [0.2, 0.25) is 11.2 Å². The van der Waals surface area contributed by atoms with Crippen molar-refractivity contribution in [1.29, 1.82) is 0 Å². The number of fused-ring (bicyclic) bond motifs is 10. The molecule has 0 saturated heterocycles. The highest BCUT2D eigenvalue weighted by atomic mass is 16.5. The van der Waals surface area contributed by atoms with Crippen LogP contribution in [-0.4, -0.2) is 0 Å². The van der Waals surface area contributed by atoms with Gasteiger partial charge in [-0.15, -0.1) is 9.13 Å². The van der Waals surface area contributed by atoms with E-state index >= 15 is 0 Å². The molecule has 0 amide bonds. The fraction of sp³-hybridized carbons (Fsp3) is 0.0270. The predicted octanol–water partition coefficient (Wildman–Crippen LogP) is 7.72. The molecule has 6 aromatic carbocycles. The van der Waals surface area contributed by atoms with Crippen LogP contribution in [0, 0.1) is 0 Å². The van der Waals surface area contributed by atoms with Gasteiger partial charge in [-0.1, -0.05) is 54.6 Å². The largest absolute Gasteiger partial charge is 0.456 e. The minimum absolute atomic E-state index is 0.541. The molecule has 2 aromatic heterocycles. The summed E-state index contributed by atoms with van der Waals surface area (Å²) in [5, 5.41) is 11.7. The molecule has 8 aromatic rings. The number of hydrogen-bond acceptors (Lipinski definition) is 1. The van der Waals surface area contributed by atoms with E-state index in [0.717, 1.165) is 11.5 Å². The maximum atomic E-state index is 6.76. The van der Waals surface area contributed by atoms with Crippen LogP contribution in [0.4, 0.5) is 0 Å². The Kier molecular flexibility index (Phi) is 3.11. The van der Waals surface area contributed by atoms with E-state index in [-0.39, 0.29) is 0 Å². The van der Waals surface area contributed by atoms with Crippen molar-refractivity contribution in [3.05, 3.63) is 133 Å². The Morgan fingerprint density at radius 2 is 1.12 bits per heavy atom. The van der Waals surface area contributed by atoms with E-state index < -0.39 is 5.66 Å². The quantitative estimate of drug-likeness (QED) is 0.151. The van der Waals surface area contributed by atoms with Crippen molar-refractivity contribution in [3.63, 3.8) is 0 Å². The lowest BCUT2D eigenvalue weighted by Gasteiger charge is -2.25. The zero-order chi connectivity index (χ0) is 25.7. The van der Waals surface area contributed by atoms with Crippen LogP contribution in [-0.2, 0) is 5.66 Å². The van der Waals surface area contributed by atoms with Crippen molar-refractivity contribution in [3.8, 4) is 22.8 Å². The van der Waals surface area contributed by atoms with Crippen LogP contribution in [0.2, 0.25) is 0 Å². The summed E-state index contributed by atoms with van der Waals surface area (Å²) in [5.74, 6) is 1.88. The zero-order valence-electron chi connectivity index (χ0n) is 21.3. The Hall–Kier alpha value is -5.28. The maximum Gasteiger partial charge on any atom is 0.425 e. The molecule has 11 rings (SSSR count). The summed E-state index contributed by atoms with van der Waals surface area (Å²) in [4.78, 5) is 0. The van der Waals surface area contributed by atoms with Crippen LogP contribution in [0.15, 0.2) is 122 Å². The molecular weight excluding hydrogens is 488 g/mol. The van der Waals surface area contributed by atoms with Crippen molar-refractivity contribution in [2.45, 2.75) is 5.66 Å². The van der Waals surface area contributed by atoms with Crippen molar-refractivity contribution < 1.29 is 13.9 Å². The molecule has 1 atom stereocenters. The number of rotatable bonds is 0. The van der Waals surface area contributed by atoms with E-state index in [1.807, 2.05) is 0 Å². The molecule has 1 unspecified atom stereocenters. The standard InChI is InChI=1S/C37H20N2O/c1-3-11-23-21(9-1)22-10-2-4-12-24(22)32-27-14-8-20-39-36(27)33-26(31(23)32)17-18-30-35(33)37(39)34-25(13-7-16-29(34)40-30)28-15-5-6-19-38(28)37/h1-20H/q+2. The van der Waals surface area contributed by atoms with Gasteiger partial charge in [-0.25, -0.2) is 0 Å². The van der Waals surface area contributed by atoms with Crippen LogP contribution in [0.3, 0.4) is 0 Å². The van der Waals surface area contributed by atoms with E-state index in [2.05, 4.69) is 131 Å². The van der Waals surface area contributed by atoms with Gasteiger partial charge >= 0.3 is 5.66 Å². The van der Waals surface area contributed by atoms with Crippen molar-refractivity contribution in [2.75, 3.05) is 0 Å². The van der Waals surface area contributed by atoms with E-state index in [4.69, 9.17) is 4.74 Å². The maximum absolute atomic E-state index is 6.76. The number of pyridine rings is 2. The van der Waals surface area contributed by atoms with Gasteiger partial charge in [0, 0.05) is 23.6 Å². The predicted molar refractivity (Wildman–Crippen MR) is 158 cm³/mol. The van der Waals surface area contributed by atoms with Gasteiger partial charge in [-0.3, -0.25) is 0 Å². The summed E-state index contributed by atoms with van der Waals surface area (Å²) < 4.78 is 11.8. The summed E-state index contributed by atoms with van der Waals surface area (Å²) in [6, 6.07) is 39.9. The third kappa shape index (κ3) is 1.87. The molecule has 1 spiro atoms. The summed E-state index contributed by atoms with van der Waals surface area (Å²) in [6.07, 6.45) is 4.52. The van der Waals surface area contributed by atoms with E-state index in [1.165, 1.54) is 76.4 Å².